The van der Waals surface area contributed by atoms with E-state index in [1.54, 1.807) is 6.33 Å². The molecule has 0 aliphatic carbocycles. The smallest absolute Gasteiger partial charge is 0.135 e. The third kappa shape index (κ3) is 4.99. The molecule has 0 aromatic carbocycles. The zero-order chi connectivity index (χ0) is 15.1. The standard InChI is InChI=1S/C16H30N4/c1-7-17-15-14(12(4)5)16(19-10-18-15)20-13(6)9-8-11(2)3/h10-13H,7-9H2,1-6H3,(H2,17,18,19,20). The van der Waals surface area contributed by atoms with Gasteiger partial charge in [0, 0.05) is 18.2 Å². The lowest BCUT2D eigenvalue weighted by molar-refractivity contribution is 0.526. The Kier molecular flexibility index (Phi) is 6.76. The molecular weight excluding hydrogens is 248 g/mol. The van der Waals surface area contributed by atoms with Gasteiger partial charge in [0.2, 0.25) is 0 Å². The second-order valence-electron chi connectivity index (χ2n) is 6.19. The van der Waals surface area contributed by atoms with Gasteiger partial charge in [0.1, 0.15) is 18.0 Å². The van der Waals surface area contributed by atoms with Gasteiger partial charge in [-0.1, -0.05) is 27.7 Å². The van der Waals surface area contributed by atoms with Gasteiger partial charge in [-0.25, -0.2) is 9.97 Å². The number of aromatic nitrogens is 2. The minimum absolute atomic E-state index is 0.394. The minimum atomic E-state index is 0.394. The third-order valence-electron chi connectivity index (χ3n) is 3.37. The van der Waals surface area contributed by atoms with E-state index in [2.05, 4.69) is 62.1 Å². The molecule has 114 valence electrons. The van der Waals surface area contributed by atoms with Crippen molar-refractivity contribution in [3.63, 3.8) is 0 Å². The van der Waals surface area contributed by atoms with E-state index in [-0.39, 0.29) is 0 Å². The quantitative estimate of drug-likeness (QED) is 0.745. The molecule has 4 heteroatoms. The van der Waals surface area contributed by atoms with Crippen LogP contribution in [-0.2, 0) is 0 Å². The van der Waals surface area contributed by atoms with Crippen molar-refractivity contribution in [1.29, 1.82) is 0 Å². The maximum Gasteiger partial charge on any atom is 0.135 e. The summed E-state index contributed by atoms with van der Waals surface area (Å²) in [5, 5.41) is 6.89. The lowest BCUT2D eigenvalue weighted by Crippen LogP contribution is -2.19. The number of hydrogen-bond donors (Lipinski definition) is 2. The Morgan fingerprint density at radius 1 is 1.00 bits per heavy atom. The first kappa shape index (κ1) is 16.7. The van der Waals surface area contributed by atoms with Gasteiger partial charge in [-0.2, -0.15) is 0 Å². The summed E-state index contributed by atoms with van der Waals surface area (Å²) in [4.78, 5) is 8.82. The summed E-state index contributed by atoms with van der Waals surface area (Å²) >= 11 is 0. The summed E-state index contributed by atoms with van der Waals surface area (Å²) in [7, 11) is 0. The normalized spacial score (nSPS) is 12.8. The van der Waals surface area contributed by atoms with Gasteiger partial charge in [-0.3, -0.25) is 0 Å². The largest absolute Gasteiger partial charge is 0.370 e. The molecule has 1 rings (SSSR count). The fraction of sp³-hybridized carbons (Fsp3) is 0.750. The molecule has 0 spiro atoms. The first-order valence-electron chi connectivity index (χ1n) is 7.80. The zero-order valence-electron chi connectivity index (χ0n) is 13.8. The van der Waals surface area contributed by atoms with Crippen LogP contribution in [0.15, 0.2) is 6.33 Å². The van der Waals surface area contributed by atoms with Crippen LogP contribution in [0.2, 0.25) is 0 Å². The molecule has 0 radical (unpaired) electrons. The number of nitrogens with zero attached hydrogens (tertiary/aromatic N) is 2. The highest BCUT2D eigenvalue weighted by Crippen LogP contribution is 2.29. The Hall–Kier alpha value is -1.32. The Balaban J connectivity index is 2.85. The lowest BCUT2D eigenvalue weighted by atomic mass is 10.0. The molecule has 4 nitrogen and oxygen atoms in total. The van der Waals surface area contributed by atoms with Crippen LogP contribution < -0.4 is 10.6 Å². The topological polar surface area (TPSA) is 49.8 Å². The molecule has 0 aliphatic rings. The maximum atomic E-state index is 4.45. The molecule has 1 unspecified atom stereocenters. The molecule has 0 amide bonds. The number of rotatable bonds is 8. The van der Waals surface area contributed by atoms with Crippen LogP contribution in [0.3, 0.4) is 0 Å². The molecule has 0 aliphatic heterocycles. The number of nitrogens with one attached hydrogen (secondary N) is 2. The highest BCUT2D eigenvalue weighted by molar-refractivity contribution is 5.59. The van der Waals surface area contributed by atoms with Gasteiger partial charge >= 0.3 is 0 Å². The van der Waals surface area contributed by atoms with E-state index in [9.17, 15) is 0 Å². The molecular formula is C16H30N4. The van der Waals surface area contributed by atoms with Crippen molar-refractivity contribution in [2.75, 3.05) is 17.2 Å². The summed E-state index contributed by atoms with van der Waals surface area (Å²) in [5.41, 5.74) is 1.19. The van der Waals surface area contributed by atoms with Crippen LogP contribution in [-0.4, -0.2) is 22.6 Å². The van der Waals surface area contributed by atoms with Crippen molar-refractivity contribution in [2.45, 2.75) is 66.3 Å². The number of hydrogen-bond acceptors (Lipinski definition) is 4. The van der Waals surface area contributed by atoms with Crippen molar-refractivity contribution >= 4 is 11.6 Å². The average Bonchev–Trinajstić information content (AvgIpc) is 2.36. The second kappa shape index (κ2) is 8.08. The second-order valence-corrected chi connectivity index (χ2v) is 6.19. The summed E-state index contributed by atoms with van der Waals surface area (Å²) in [6.45, 7) is 14.1. The van der Waals surface area contributed by atoms with E-state index in [4.69, 9.17) is 0 Å². The Morgan fingerprint density at radius 3 is 2.20 bits per heavy atom. The molecule has 0 saturated heterocycles. The van der Waals surface area contributed by atoms with E-state index in [1.807, 2.05) is 0 Å². The van der Waals surface area contributed by atoms with Crippen molar-refractivity contribution in [1.82, 2.24) is 9.97 Å². The van der Waals surface area contributed by atoms with Gasteiger partial charge < -0.3 is 10.6 Å². The highest BCUT2D eigenvalue weighted by Gasteiger charge is 2.16. The fourth-order valence-electron chi connectivity index (χ4n) is 2.25. The van der Waals surface area contributed by atoms with E-state index in [0.717, 1.165) is 30.5 Å². The van der Waals surface area contributed by atoms with E-state index < -0.39 is 0 Å². The lowest BCUT2D eigenvalue weighted by Gasteiger charge is -2.21. The zero-order valence-corrected chi connectivity index (χ0v) is 13.8. The molecule has 1 heterocycles. The Morgan fingerprint density at radius 2 is 1.65 bits per heavy atom. The molecule has 1 atom stereocenters. The van der Waals surface area contributed by atoms with Gasteiger partial charge in [0.05, 0.1) is 0 Å². The molecule has 1 aromatic rings. The molecule has 20 heavy (non-hydrogen) atoms. The van der Waals surface area contributed by atoms with Gasteiger partial charge in [-0.15, -0.1) is 0 Å². The third-order valence-corrected chi connectivity index (χ3v) is 3.37. The molecule has 0 fully saturated rings. The van der Waals surface area contributed by atoms with Crippen LogP contribution in [0.1, 0.15) is 65.9 Å². The number of anilines is 2. The average molecular weight is 278 g/mol. The Bertz CT molecular complexity index is 401. The van der Waals surface area contributed by atoms with Crippen molar-refractivity contribution in [2.24, 2.45) is 5.92 Å². The van der Waals surface area contributed by atoms with Gasteiger partial charge in [0.15, 0.2) is 0 Å². The Labute approximate surface area is 123 Å². The minimum Gasteiger partial charge on any atom is -0.370 e. The van der Waals surface area contributed by atoms with E-state index >= 15 is 0 Å². The van der Waals surface area contributed by atoms with E-state index in [0.29, 0.717) is 12.0 Å². The summed E-state index contributed by atoms with van der Waals surface area (Å²) < 4.78 is 0. The monoisotopic (exact) mass is 278 g/mol. The predicted molar refractivity (Wildman–Crippen MR) is 87.4 cm³/mol. The molecule has 0 saturated carbocycles. The summed E-state index contributed by atoms with van der Waals surface area (Å²) in [5.74, 6) is 3.06. The maximum absolute atomic E-state index is 4.45. The van der Waals surface area contributed by atoms with Crippen LogP contribution in [0.25, 0.3) is 0 Å². The fourth-order valence-corrected chi connectivity index (χ4v) is 2.25. The van der Waals surface area contributed by atoms with Crippen LogP contribution in [0, 0.1) is 5.92 Å². The first-order chi connectivity index (χ1) is 9.45. The highest BCUT2D eigenvalue weighted by atomic mass is 15.1. The summed E-state index contributed by atoms with van der Waals surface area (Å²) in [6, 6.07) is 0.430. The van der Waals surface area contributed by atoms with Crippen molar-refractivity contribution in [3.8, 4) is 0 Å². The summed E-state index contributed by atoms with van der Waals surface area (Å²) in [6.07, 6.45) is 4.04. The molecule has 2 N–H and O–H groups in total. The van der Waals surface area contributed by atoms with Crippen LogP contribution >= 0.6 is 0 Å². The molecule has 0 bridgehead atoms. The van der Waals surface area contributed by atoms with Crippen molar-refractivity contribution < 1.29 is 0 Å². The van der Waals surface area contributed by atoms with E-state index in [1.165, 1.54) is 12.0 Å². The van der Waals surface area contributed by atoms with Crippen LogP contribution in [0.4, 0.5) is 11.6 Å². The molecule has 1 aromatic heterocycles. The van der Waals surface area contributed by atoms with Crippen LogP contribution in [0.5, 0.6) is 0 Å². The van der Waals surface area contributed by atoms with Crippen molar-refractivity contribution in [3.05, 3.63) is 11.9 Å². The van der Waals surface area contributed by atoms with Gasteiger partial charge in [0.25, 0.3) is 0 Å². The van der Waals surface area contributed by atoms with Gasteiger partial charge in [-0.05, 0) is 38.5 Å². The predicted octanol–water partition coefficient (Wildman–Crippen LogP) is 4.27. The first-order valence-corrected chi connectivity index (χ1v) is 7.80. The SMILES string of the molecule is CCNc1ncnc(NC(C)CCC(C)C)c1C(C)C.